The van der Waals surface area contributed by atoms with Gasteiger partial charge in [-0.1, -0.05) is 6.07 Å². The molecule has 0 spiro atoms. The third-order valence-corrected chi connectivity index (χ3v) is 3.97. The van der Waals surface area contributed by atoms with E-state index in [1.807, 2.05) is 6.92 Å². The third kappa shape index (κ3) is 1.32. The summed E-state index contributed by atoms with van der Waals surface area (Å²) < 4.78 is 13.7. The van der Waals surface area contributed by atoms with Gasteiger partial charge in [0.15, 0.2) is 0 Å². The van der Waals surface area contributed by atoms with Crippen LogP contribution in [0.2, 0.25) is 0 Å². The quantitative estimate of drug-likeness (QED) is 0.628. The Bertz CT molecular complexity index is 525. The van der Waals surface area contributed by atoms with Gasteiger partial charge in [0, 0.05) is 4.88 Å². The van der Waals surface area contributed by atoms with E-state index in [1.54, 1.807) is 17.4 Å². The van der Waals surface area contributed by atoms with Crippen LogP contribution in [0.3, 0.4) is 0 Å². The Kier molecular flexibility index (Phi) is 1.93. The molecular formula is C13H11FS. The Labute approximate surface area is 92.4 Å². The van der Waals surface area contributed by atoms with E-state index >= 15 is 0 Å². The van der Waals surface area contributed by atoms with Gasteiger partial charge in [-0.25, -0.2) is 4.39 Å². The van der Waals surface area contributed by atoms with E-state index in [2.05, 4.69) is 17.5 Å². The van der Waals surface area contributed by atoms with E-state index < -0.39 is 0 Å². The van der Waals surface area contributed by atoms with Gasteiger partial charge in [0.25, 0.3) is 0 Å². The normalized spacial score (nSPS) is 13.5. The molecule has 0 N–H and O–H groups in total. The molecule has 1 aromatic carbocycles. The Morgan fingerprint density at radius 3 is 3.00 bits per heavy atom. The summed E-state index contributed by atoms with van der Waals surface area (Å²) in [5.74, 6) is -0.0379. The first kappa shape index (κ1) is 9.10. The smallest absolute Gasteiger partial charge is 0.127 e. The number of hydrogen-bond donors (Lipinski definition) is 0. The summed E-state index contributed by atoms with van der Waals surface area (Å²) in [6.45, 7) is 1.95. The first-order chi connectivity index (χ1) is 7.25. The molecule has 1 aliphatic carbocycles. The molecule has 0 unspecified atom stereocenters. The lowest BCUT2D eigenvalue weighted by Gasteiger charge is -2.17. The molecule has 2 heteroatoms. The molecule has 1 aliphatic rings. The summed E-state index contributed by atoms with van der Waals surface area (Å²) in [4.78, 5) is 1.26. The second-order valence-electron chi connectivity index (χ2n) is 4.05. The fourth-order valence-electron chi connectivity index (χ4n) is 2.26. The average Bonchev–Trinajstić information content (AvgIpc) is 2.65. The molecule has 0 fully saturated rings. The van der Waals surface area contributed by atoms with Crippen molar-refractivity contribution in [1.29, 1.82) is 0 Å². The van der Waals surface area contributed by atoms with Gasteiger partial charge in [-0.15, -0.1) is 11.3 Å². The van der Waals surface area contributed by atoms with Gasteiger partial charge in [0.05, 0.1) is 0 Å². The maximum absolute atomic E-state index is 13.7. The number of halogens is 1. The van der Waals surface area contributed by atoms with Crippen LogP contribution in [0, 0.1) is 12.7 Å². The highest BCUT2D eigenvalue weighted by molar-refractivity contribution is 7.13. The zero-order valence-corrected chi connectivity index (χ0v) is 9.33. The van der Waals surface area contributed by atoms with E-state index in [0.717, 1.165) is 29.5 Å². The fourth-order valence-corrected chi connectivity index (χ4v) is 3.26. The minimum Gasteiger partial charge on any atom is -0.207 e. The maximum Gasteiger partial charge on any atom is 0.127 e. The monoisotopic (exact) mass is 218 g/mol. The Hall–Kier alpha value is -1.15. The molecule has 0 aliphatic heterocycles. The zero-order chi connectivity index (χ0) is 10.4. The van der Waals surface area contributed by atoms with Crippen LogP contribution in [0.5, 0.6) is 0 Å². The number of hydrogen-bond acceptors (Lipinski definition) is 1. The molecule has 2 aromatic rings. The molecule has 0 saturated heterocycles. The van der Waals surface area contributed by atoms with Crippen LogP contribution in [0.15, 0.2) is 23.6 Å². The van der Waals surface area contributed by atoms with Crippen LogP contribution in [0.1, 0.15) is 16.7 Å². The van der Waals surface area contributed by atoms with Gasteiger partial charge in [-0.05, 0) is 59.5 Å². The van der Waals surface area contributed by atoms with Crippen molar-refractivity contribution in [3.05, 3.63) is 46.1 Å². The molecule has 0 amide bonds. The first-order valence-corrected chi connectivity index (χ1v) is 5.99. The summed E-state index contributed by atoms with van der Waals surface area (Å²) in [5.41, 5.74) is 4.39. The van der Waals surface area contributed by atoms with Crippen LogP contribution >= 0.6 is 11.3 Å². The fraction of sp³-hybridized carbons (Fsp3) is 0.231. The van der Waals surface area contributed by atoms with E-state index in [-0.39, 0.29) is 5.82 Å². The van der Waals surface area contributed by atoms with Gasteiger partial charge in [0.2, 0.25) is 0 Å². The summed E-state index contributed by atoms with van der Waals surface area (Å²) in [7, 11) is 0. The Balaban J connectivity index is 2.32. The van der Waals surface area contributed by atoms with Crippen molar-refractivity contribution in [1.82, 2.24) is 0 Å². The summed E-state index contributed by atoms with van der Waals surface area (Å²) in [6, 6.07) is 5.90. The van der Waals surface area contributed by atoms with Gasteiger partial charge >= 0.3 is 0 Å². The number of thiophene rings is 1. The van der Waals surface area contributed by atoms with Gasteiger partial charge in [-0.2, -0.15) is 0 Å². The van der Waals surface area contributed by atoms with Crippen LogP contribution < -0.4 is 0 Å². The summed E-state index contributed by atoms with van der Waals surface area (Å²) in [5, 5.41) is 2.10. The van der Waals surface area contributed by atoms with E-state index in [4.69, 9.17) is 0 Å². The van der Waals surface area contributed by atoms with Crippen molar-refractivity contribution < 1.29 is 4.39 Å². The van der Waals surface area contributed by atoms with E-state index in [0.29, 0.717) is 0 Å². The number of fused-ring (bicyclic) bond motifs is 3. The molecule has 1 heterocycles. The van der Waals surface area contributed by atoms with Gasteiger partial charge in [0.1, 0.15) is 5.82 Å². The maximum atomic E-state index is 13.7. The molecule has 3 rings (SSSR count). The summed E-state index contributed by atoms with van der Waals surface area (Å²) >= 11 is 1.72. The van der Waals surface area contributed by atoms with Crippen molar-refractivity contribution in [3.8, 4) is 10.4 Å². The number of aryl methyl sites for hydroxylation is 2. The van der Waals surface area contributed by atoms with E-state index in [1.165, 1.54) is 10.4 Å². The third-order valence-electron chi connectivity index (χ3n) is 2.98. The SMILES string of the molecule is Cc1cc(F)c2c(c1)-c1sccc1CC2. The molecular weight excluding hydrogens is 207 g/mol. The van der Waals surface area contributed by atoms with Gasteiger partial charge < -0.3 is 0 Å². The zero-order valence-electron chi connectivity index (χ0n) is 8.51. The lowest BCUT2D eigenvalue weighted by atomic mass is 9.90. The topological polar surface area (TPSA) is 0 Å². The second-order valence-corrected chi connectivity index (χ2v) is 4.96. The van der Waals surface area contributed by atoms with Crippen molar-refractivity contribution in [2.45, 2.75) is 19.8 Å². The minimum atomic E-state index is -0.0379. The molecule has 15 heavy (non-hydrogen) atoms. The van der Waals surface area contributed by atoms with Crippen LogP contribution in [0.4, 0.5) is 4.39 Å². The standard InChI is InChI=1S/C13H11FS/c1-8-6-11-10(12(14)7-8)3-2-9-4-5-15-13(9)11/h4-7H,2-3H2,1H3. The van der Waals surface area contributed by atoms with Crippen molar-refractivity contribution in [3.63, 3.8) is 0 Å². The van der Waals surface area contributed by atoms with Crippen LogP contribution in [-0.4, -0.2) is 0 Å². The molecule has 76 valence electrons. The van der Waals surface area contributed by atoms with Gasteiger partial charge in [-0.3, -0.25) is 0 Å². The predicted octanol–water partition coefficient (Wildman–Crippen LogP) is 3.96. The highest BCUT2D eigenvalue weighted by Crippen LogP contribution is 2.38. The average molecular weight is 218 g/mol. The molecule has 0 atom stereocenters. The van der Waals surface area contributed by atoms with Crippen molar-refractivity contribution in [2.75, 3.05) is 0 Å². The molecule has 0 nitrogen and oxygen atoms in total. The van der Waals surface area contributed by atoms with Crippen molar-refractivity contribution >= 4 is 11.3 Å². The molecule has 0 radical (unpaired) electrons. The largest absolute Gasteiger partial charge is 0.207 e. The lowest BCUT2D eigenvalue weighted by molar-refractivity contribution is 0.607. The lowest BCUT2D eigenvalue weighted by Crippen LogP contribution is -2.04. The number of rotatable bonds is 0. The highest BCUT2D eigenvalue weighted by Gasteiger charge is 2.20. The second kappa shape index (κ2) is 3.17. The van der Waals surface area contributed by atoms with Crippen molar-refractivity contribution in [2.24, 2.45) is 0 Å². The van der Waals surface area contributed by atoms with Crippen LogP contribution in [-0.2, 0) is 12.8 Å². The minimum absolute atomic E-state index is 0.0379. The molecule has 0 saturated carbocycles. The Morgan fingerprint density at radius 2 is 2.13 bits per heavy atom. The first-order valence-electron chi connectivity index (χ1n) is 5.11. The van der Waals surface area contributed by atoms with E-state index in [9.17, 15) is 4.39 Å². The van der Waals surface area contributed by atoms with Crippen LogP contribution in [0.25, 0.3) is 10.4 Å². The highest BCUT2D eigenvalue weighted by atomic mass is 32.1. The molecule has 1 aromatic heterocycles. The molecule has 0 bridgehead atoms. The number of benzene rings is 1. The summed E-state index contributed by atoms with van der Waals surface area (Å²) in [6.07, 6.45) is 1.82. The predicted molar refractivity (Wildman–Crippen MR) is 61.9 cm³/mol. The Morgan fingerprint density at radius 1 is 1.27 bits per heavy atom.